The highest BCUT2D eigenvalue weighted by molar-refractivity contribution is 6.31. The van der Waals surface area contributed by atoms with Gasteiger partial charge in [0.2, 0.25) is 5.95 Å². The van der Waals surface area contributed by atoms with Crippen molar-refractivity contribution < 1.29 is 54.2 Å². The zero-order chi connectivity index (χ0) is 34.6. The van der Waals surface area contributed by atoms with E-state index in [1.54, 1.807) is 4.90 Å². The van der Waals surface area contributed by atoms with E-state index in [-0.39, 0.29) is 31.0 Å². The Morgan fingerprint density at radius 3 is 2.19 bits per heavy atom. The number of carboxylic acid groups (broad SMARTS) is 1. The summed E-state index contributed by atoms with van der Waals surface area (Å²) < 4.78 is 118. The number of hydrogen-bond donors (Lipinski definition) is 2. The summed E-state index contributed by atoms with van der Waals surface area (Å²) >= 11 is 5.94. The average molecular weight is 701 g/mol. The summed E-state index contributed by atoms with van der Waals surface area (Å²) in [4.78, 5) is 25.9. The molecule has 2 aliphatic heterocycles. The molecule has 0 radical (unpaired) electrons. The number of fused-ring (bicyclic) bond motifs is 1. The number of hydrogen-bond acceptors (Lipinski definition) is 8. The molecule has 47 heavy (non-hydrogen) atoms. The third-order valence-electron chi connectivity index (χ3n) is 7.01. The molecule has 0 atom stereocenters. The molecule has 0 saturated carbocycles. The molecule has 2 aromatic heterocycles. The molecule has 0 unspecified atom stereocenters. The van der Waals surface area contributed by atoms with Gasteiger partial charge in [-0.25, -0.2) is 14.8 Å². The first-order valence-electron chi connectivity index (χ1n) is 13.9. The molecule has 19 heteroatoms. The zero-order valence-corrected chi connectivity index (χ0v) is 24.9. The Balaban J connectivity index is 0.000000644. The molecule has 2 aliphatic rings. The van der Waals surface area contributed by atoms with E-state index in [4.69, 9.17) is 36.2 Å². The number of benzene rings is 1. The molecule has 1 fully saturated rings. The topological polar surface area (TPSA) is 104 Å². The SMILES string of the molecule is FC(F)(F)c1ccc(Nc2nc(N3CCCOCC3)nc3c2CCN(c2ncccc2C(F)(F)F)CC3)cc1Cl.O=C(O)C(F)(F)F. The Labute approximate surface area is 266 Å². The summed E-state index contributed by atoms with van der Waals surface area (Å²) in [5.74, 6) is -2.15. The zero-order valence-electron chi connectivity index (χ0n) is 24.1. The van der Waals surface area contributed by atoms with Gasteiger partial charge in [0.1, 0.15) is 11.6 Å². The van der Waals surface area contributed by atoms with E-state index in [1.165, 1.54) is 24.4 Å². The van der Waals surface area contributed by atoms with E-state index in [0.29, 0.717) is 55.7 Å². The number of anilines is 4. The number of aromatic nitrogens is 3. The van der Waals surface area contributed by atoms with Gasteiger partial charge >= 0.3 is 24.5 Å². The van der Waals surface area contributed by atoms with Crippen LogP contribution in [0.15, 0.2) is 36.5 Å². The van der Waals surface area contributed by atoms with Crippen LogP contribution in [0.2, 0.25) is 5.02 Å². The van der Waals surface area contributed by atoms with Crippen LogP contribution in [-0.4, -0.2) is 71.6 Å². The Hall–Kier alpha value is -4.06. The van der Waals surface area contributed by atoms with Crippen LogP contribution >= 0.6 is 11.6 Å². The first kappa shape index (κ1) is 35.8. The minimum absolute atomic E-state index is 0.162. The molecular weight excluding hydrogens is 675 g/mol. The number of aliphatic carboxylic acids is 1. The van der Waals surface area contributed by atoms with Crippen molar-refractivity contribution in [3.63, 3.8) is 0 Å². The number of alkyl halides is 9. The first-order valence-corrected chi connectivity index (χ1v) is 14.3. The van der Waals surface area contributed by atoms with Gasteiger partial charge in [-0.2, -0.15) is 44.5 Å². The predicted octanol–water partition coefficient (Wildman–Crippen LogP) is 6.77. The maximum Gasteiger partial charge on any atom is 0.490 e. The second-order valence-electron chi connectivity index (χ2n) is 10.2. The lowest BCUT2D eigenvalue weighted by Crippen LogP contribution is -2.29. The van der Waals surface area contributed by atoms with E-state index in [9.17, 15) is 39.5 Å². The molecule has 256 valence electrons. The highest BCUT2D eigenvalue weighted by atomic mass is 35.5. The quantitative estimate of drug-likeness (QED) is 0.286. The molecule has 4 heterocycles. The van der Waals surface area contributed by atoms with Gasteiger partial charge in [-0.05, 0) is 43.2 Å². The third kappa shape index (κ3) is 9.27. The average Bonchev–Trinajstić information content (AvgIpc) is 3.38. The molecule has 9 nitrogen and oxygen atoms in total. The Bertz CT molecular complexity index is 1560. The normalized spacial score (nSPS) is 16.0. The van der Waals surface area contributed by atoms with Gasteiger partial charge in [-0.15, -0.1) is 0 Å². The minimum atomic E-state index is -5.08. The summed E-state index contributed by atoms with van der Waals surface area (Å²) in [6, 6.07) is 5.57. The van der Waals surface area contributed by atoms with Gasteiger partial charge in [0.15, 0.2) is 0 Å². The molecule has 0 aliphatic carbocycles. The number of pyridine rings is 1. The van der Waals surface area contributed by atoms with E-state index < -0.39 is 40.6 Å². The predicted molar refractivity (Wildman–Crippen MR) is 152 cm³/mol. The second-order valence-corrected chi connectivity index (χ2v) is 10.6. The number of nitrogens with one attached hydrogen (secondary N) is 1. The highest BCUT2D eigenvalue weighted by Crippen LogP contribution is 2.38. The van der Waals surface area contributed by atoms with Crippen molar-refractivity contribution in [2.45, 2.75) is 37.8 Å². The number of rotatable bonds is 4. The van der Waals surface area contributed by atoms with Gasteiger partial charge in [0.05, 0.1) is 28.5 Å². The van der Waals surface area contributed by atoms with E-state index >= 15 is 0 Å². The van der Waals surface area contributed by atoms with Crippen molar-refractivity contribution in [1.82, 2.24) is 15.0 Å². The summed E-state index contributed by atoms with van der Waals surface area (Å²) in [5, 5.41) is 9.75. The van der Waals surface area contributed by atoms with Gasteiger partial charge < -0.3 is 25.0 Å². The molecular formula is C28H26ClF9N6O3. The lowest BCUT2D eigenvalue weighted by Gasteiger charge is -2.24. The van der Waals surface area contributed by atoms with Crippen LogP contribution < -0.4 is 15.1 Å². The van der Waals surface area contributed by atoms with Crippen molar-refractivity contribution in [2.24, 2.45) is 0 Å². The monoisotopic (exact) mass is 700 g/mol. The number of halogens is 10. The smallest absolute Gasteiger partial charge is 0.475 e. The molecule has 0 spiro atoms. The van der Waals surface area contributed by atoms with Gasteiger partial charge in [0.25, 0.3) is 0 Å². The van der Waals surface area contributed by atoms with Crippen molar-refractivity contribution in [3.8, 4) is 0 Å². The van der Waals surface area contributed by atoms with Crippen molar-refractivity contribution in [3.05, 3.63) is 63.9 Å². The number of ether oxygens (including phenoxy) is 1. The van der Waals surface area contributed by atoms with Crippen LogP contribution in [0.25, 0.3) is 0 Å². The van der Waals surface area contributed by atoms with Crippen LogP contribution in [-0.2, 0) is 34.7 Å². The van der Waals surface area contributed by atoms with E-state index in [2.05, 4.69) is 10.3 Å². The van der Waals surface area contributed by atoms with Crippen LogP contribution in [0.1, 0.15) is 28.8 Å². The molecule has 2 N–H and O–H groups in total. The fourth-order valence-electron chi connectivity index (χ4n) is 4.82. The van der Waals surface area contributed by atoms with Crippen LogP contribution in [0.5, 0.6) is 0 Å². The molecule has 3 aromatic rings. The van der Waals surface area contributed by atoms with Crippen LogP contribution in [0.3, 0.4) is 0 Å². The van der Waals surface area contributed by atoms with E-state index in [0.717, 1.165) is 18.6 Å². The number of carboxylic acids is 1. The highest BCUT2D eigenvalue weighted by Gasteiger charge is 2.38. The van der Waals surface area contributed by atoms with Gasteiger partial charge in [0, 0.05) is 56.7 Å². The summed E-state index contributed by atoms with van der Waals surface area (Å²) in [7, 11) is 0. The van der Waals surface area contributed by atoms with Crippen LogP contribution in [0.4, 0.5) is 62.8 Å². The fraction of sp³-hybridized carbons (Fsp3) is 0.429. The van der Waals surface area contributed by atoms with Crippen LogP contribution in [0, 0.1) is 0 Å². The standard InChI is InChI=1S/C26H25ClF6N6O.C2HF3O2/c27-20-15-16(4-5-18(20)25(28,29)30)35-22-17-6-10-38(23-19(26(31,32)33)3-1-8-34-23)11-7-21(17)36-24(37-22)39-9-2-13-40-14-12-39;3-2(4,5)1(6)7/h1,3-5,8,15H,2,6-7,9-14H2,(H,35,36,37);(H,6,7). The Morgan fingerprint density at radius 2 is 1.55 bits per heavy atom. The fourth-order valence-corrected chi connectivity index (χ4v) is 5.11. The third-order valence-corrected chi connectivity index (χ3v) is 7.32. The molecule has 1 saturated heterocycles. The Morgan fingerprint density at radius 1 is 0.872 bits per heavy atom. The lowest BCUT2D eigenvalue weighted by atomic mass is 10.1. The number of carbonyl (C=O) groups is 1. The summed E-state index contributed by atoms with van der Waals surface area (Å²) in [5.41, 5.74) is -0.192. The van der Waals surface area contributed by atoms with Crippen molar-refractivity contribution in [2.75, 3.05) is 54.5 Å². The molecule has 1 aromatic carbocycles. The number of nitrogens with zero attached hydrogens (tertiary/aromatic N) is 5. The maximum atomic E-state index is 13.7. The Kier molecular flexibility index (Phi) is 10.9. The molecule has 0 amide bonds. The molecule has 5 rings (SSSR count). The van der Waals surface area contributed by atoms with E-state index in [1.807, 2.05) is 4.90 Å². The van der Waals surface area contributed by atoms with Gasteiger partial charge in [-0.1, -0.05) is 11.6 Å². The molecule has 0 bridgehead atoms. The first-order chi connectivity index (χ1) is 21.9. The summed E-state index contributed by atoms with van der Waals surface area (Å²) in [6.45, 7) is 2.69. The van der Waals surface area contributed by atoms with Crippen molar-refractivity contribution in [1.29, 1.82) is 0 Å². The summed E-state index contributed by atoms with van der Waals surface area (Å²) in [6.07, 6.45) is -11.6. The lowest BCUT2D eigenvalue weighted by molar-refractivity contribution is -0.192. The van der Waals surface area contributed by atoms with Crippen molar-refractivity contribution >= 4 is 40.8 Å². The van der Waals surface area contributed by atoms with Gasteiger partial charge in [-0.3, -0.25) is 0 Å². The largest absolute Gasteiger partial charge is 0.490 e. The second kappa shape index (κ2) is 14.4. The maximum absolute atomic E-state index is 13.7. The minimum Gasteiger partial charge on any atom is -0.475 e.